The van der Waals surface area contributed by atoms with Gasteiger partial charge < -0.3 is 20.1 Å². The fourth-order valence-electron chi connectivity index (χ4n) is 1.57. The van der Waals surface area contributed by atoms with Crippen LogP contribution in [0.3, 0.4) is 0 Å². The topological polar surface area (TPSA) is 109 Å². The van der Waals surface area contributed by atoms with Gasteiger partial charge in [-0.2, -0.15) is 4.79 Å². The van der Waals surface area contributed by atoms with Crippen molar-refractivity contribution < 1.29 is 33.3 Å². The van der Waals surface area contributed by atoms with Crippen molar-refractivity contribution in [2.24, 2.45) is 0 Å². The number of benzene rings is 1. The first-order valence-electron chi connectivity index (χ1n) is 5.29. The molecule has 0 aromatic heterocycles. The Bertz CT molecular complexity index is 597. The van der Waals surface area contributed by atoms with Crippen molar-refractivity contribution in [1.82, 2.24) is 0 Å². The molecule has 0 heterocycles. The van der Waals surface area contributed by atoms with Gasteiger partial charge in [-0.1, -0.05) is 12.1 Å². The van der Waals surface area contributed by atoms with Gasteiger partial charge in [0.2, 0.25) is 0 Å². The van der Waals surface area contributed by atoms with Crippen LogP contribution < -0.4 is 0 Å². The number of hydrogen-bond donors (Lipinski definition) is 1. The Balaban J connectivity index is 3.56. The molecule has 0 aliphatic carbocycles. The fraction of sp³-hybridized carbons (Fsp3) is 0.250. The summed E-state index contributed by atoms with van der Waals surface area (Å²) in [5.74, 6) is -3.38. The first-order chi connectivity index (χ1) is 9.41. The van der Waals surface area contributed by atoms with Gasteiger partial charge in [0.15, 0.2) is 0 Å². The number of carbonyl (C=O) groups excluding carboxylic acids is 2. The van der Waals surface area contributed by atoms with E-state index in [0.717, 1.165) is 32.4 Å². The van der Waals surface area contributed by atoms with E-state index in [-0.39, 0.29) is 5.56 Å². The highest BCUT2D eigenvalue weighted by Crippen LogP contribution is 2.25. The third-order valence-corrected chi connectivity index (χ3v) is 2.54. The van der Waals surface area contributed by atoms with Gasteiger partial charge in [-0.15, -0.1) is 0 Å². The summed E-state index contributed by atoms with van der Waals surface area (Å²) in [4.78, 5) is 25.8. The molecular formula is C12H11FN2O5. The second-order valence-electron chi connectivity index (χ2n) is 3.65. The van der Waals surface area contributed by atoms with Crippen LogP contribution in [0.1, 0.15) is 5.56 Å². The number of nitrogens with zero attached hydrogens (tertiary/aromatic N) is 2. The predicted octanol–water partition coefficient (Wildman–Crippen LogP) is 0.0301. The normalized spacial score (nSPS) is 12.8. The molecule has 1 atom stereocenters. The van der Waals surface area contributed by atoms with Crippen LogP contribution in [0.5, 0.6) is 0 Å². The maximum atomic E-state index is 13.2. The van der Waals surface area contributed by atoms with Crippen molar-refractivity contribution in [3.05, 3.63) is 41.2 Å². The highest BCUT2D eigenvalue weighted by atomic mass is 19.1. The minimum absolute atomic E-state index is 0.345. The molecule has 0 saturated carbocycles. The summed E-state index contributed by atoms with van der Waals surface area (Å²) in [5.41, 5.74) is 4.68. The van der Waals surface area contributed by atoms with Crippen molar-refractivity contribution in [3.63, 3.8) is 0 Å². The predicted molar refractivity (Wildman–Crippen MR) is 63.0 cm³/mol. The Hall–Kier alpha value is -2.57. The van der Waals surface area contributed by atoms with Crippen molar-refractivity contribution in [1.29, 1.82) is 0 Å². The zero-order chi connectivity index (χ0) is 15.3. The highest BCUT2D eigenvalue weighted by molar-refractivity contribution is 6.41. The smallest absolute Gasteiger partial charge is 0.423 e. The van der Waals surface area contributed by atoms with Crippen molar-refractivity contribution >= 4 is 17.7 Å². The molecule has 1 rings (SSSR count). The summed E-state index contributed by atoms with van der Waals surface area (Å²) < 4.78 is 21.9. The number of hydrogen-bond acceptors (Lipinski definition) is 5. The number of methoxy groups -OCH3 is 2. The Morgan fingerprint density at radius 3 is 2.45 bits per heavy atom. The maximum Gasteiger partial charge on any atom is 0.423 e. The average molecular weight is 282 g/mol. The van der Waals surface area contributed by atoms with Gasteiger partial charge in [0.25, 0.3) is 5.60 Å². The maximum absolute atomic E-state index is 13.2. The third-order valence-electron chi connectivity index (χ3n) is 2.54. The highest BCUT2D eigenvalue weighted by Gasteiger charge is 2.55. The first kappa shape index (κ1) is 15.5. The number of rotatable bonds is 4. The molecule has 1 aromatic rings. The molecule has 1 N–H and O–H groups in total. The summed E-state index contributed by atoms with van der Waals surface area (Å²) in [6.45, 7) is 0. The summed E-state index contributed by atoms with van der Waals surface area (Å²) >= 11 is 0. The molecular weight excluding hydrogens is 271 g/mol. The molecule has 0 aliphatic heterocycles. The standard InChI is InChI=1S/C12H11FN2O5/c1-19-10(16)9(15-14)12(18,11(17)20-2)7-4-3-5-8(13)6-7/h3-6,18H,1-2H3. The van der Waals surface area contributed by atoms with Crippen LogP contribution in [0.2, 0.25) is 0 Å². The van der Waals surface area contributed by atoms with E-state index in [1.807, 2.05) is 0 Å². The Kier molecular flexibility index (Phi) is 4.68. The number of esters is 2. The van der Waals surface area contributed by atoms with Crippen LogP contribution in [0.25, 0.3) is 5.53 Å². The second-order valence-corrected chi connectivity index (χ2v) is 3.65. The monoisotopic (exact) mass is 282 g/mol. The summed E-state index contributed by atoms with van der Waals surface area (Å²) in [6, 6.07) is 4.22. The van der Waals surface area contributed by atoms with Crippen LogP contribution in [0.15, 0.2) is 24.3 Å². The molecule has 0 radical (unpaired) electrons. The molecule has 0 amide bonds. The molecule has 106 valence electrons. The minimum Gasteiger partial charge on any atom is -0.466 e. The average Bonchev–Trinajstić information content (AvgIpc) is 2.46. The molecule has 0 spiro atoms. The summed E-state index contributed by atoms with van der Waals surface area (Å²) in [6.07, 6.45) is 0. The molecule has 0 bridgehead atoms. The van der Waals surface area contributed by atoms with Crippen molar-refractivity contribution in [2.45, 2.75) is 5.60 Å². The van der Waals surface area contributed by atoms with E-state index >= 15 is 0 Å². The summed E-state index contributed by atoms with van der Waals surface area (Å²) in [7, 11) is 1.90. The van der Waals surface area contributed by atoms with Gasteiger partial charge >= 0.3 is 17.7 Å². The lowest BCUT2D eigenvalue weighted by molar-refractivity contribution is -0.163. The molecule has 20 heavy (non-hydrogen) atoms. The first-order valence-corrected chi connectivity index (χ1v) is 5.29. The number of ether oxygens (including phenoxy) is 2. The largest absolute Gasteiger partial charge is 0.466 e. The van der Waals surface area contributed by atoms with Gasteiger partial charge in [-0.3, -0.25) is 0 Å². The van der Waals surface area contributed by atoms with Crippen LogP contribution >= 0.6 is 0 Å². The van der Waals surface area contributed by atoms with Gasteiger partial charge in [-0.05, 0) is 12.1 Å². The fourth-order valence-corrected chi connectivity index (χ4v) is 1.57. The third kappa shape index (κ3) is 2.56. The van der Waals surface area contributed by atoms with Gasteiger partial charge in [0.1, 0.15) is 5.82 Å². The molecule has 1 unspecified atom stereocenters. The molecule has 1 aromatic carbocycles. The quantitative estimate of drug-likeness (QED) is 0.362. The lowest BCUT2D eigenvalue weighted by Crippen LogP contribution is -2.49. The molecule has 7 nitrogen and oxygen atoms in total. The minimum atomic E-state index is -2.79. The SMILES string of the molecule is COC(=O)C(=[N+]=[N-])C(O)(C(=O)OC)c1cccc(F)c1. The Morgan fingerprint density at radius 2 is 2.00 bits per heavy atom. The van der Waals surface area contributed by atoms with E-state index in [4.69, 9.17) is 5.53 Å². The van der Waals surface area contributed by atoms with E-state index in [0.29, 0.717) is 0 Å². The van der Waals surface area contributed by atoms with E-state index in [1.54, 1.807) is 0 Å². The van der Waals surface area contributed by atoms with E-state index in [9.17, 15) is 19.1 Å². The van der Waals surface area contributed by atoms with Gasteiger partial charge in [-0.25, -0.2) is 14.0 Å². The van der Waals surface area contributed by atoms with E-state index in [2.05, 4.69) is 14.3 Å². The molecule has 0 saturated heterocycles. The van der Waals surface area contributed by atoms with Crippen LogP contribution in [-0.4, -0.2) is 41.8 Å². The van der Waals surface area contributed by atoms with Crippen LogP contribution in [0, 0.1) is 5.82 Å². The zero-order valence-electron chi connectivity index (χ0n) is 10.7. The summed E-state index contributed by atoms with van der Waals surface area (Å²) in [5, 5.41) is 10.4. The van der Waals surface area contributed by atoms with E-state index < -0.39 is 29.1 Å². The van der Waals surface area contributed by atoms with E-state index in [1.165, 1.54) is 6.07 Å². The van der Waals surface area contributed by atoms with Gasteiger partial charge in [0.05, 0.1) is 14.2 Å². The molecule has 0 aliphatic rings. The second kappa shape index (κ2) is 6.05. The van der Waals surface area contributed by atoms with Gasteiger partial charge in [0, 0.05) is 5.56 Å². The van der Waals surface area contributed by atoms with Crippen molar-refractivity contribution in [2.75, 3.05) is 14.2 Å². The number of halogens is 1. The van der Waals surface area contributed by atoms with Crippen LogP contribution in [-0.2, 0) is 24.7 Å². The van der Waals surface area contributed by atoms with Crippen molar-refractivity contribution in [3.8, 4) is 0 Å². The Labute approximate surface area is 113 Å². The zero-order valence-corrected chi connectivity index (χ0v) is 10.7. The number of carbonyl (C=O) groups is 2. The Morgan fingerprint density at radius 1 is 1.35 bits per heavy atom. The molecule has 8 heteroatoms. The lowest BCUT2D eigenvalue weighted by atomic mass is 9.88. The van der Waals surface area contributed by atoms with Crippen LogP contribution in [0.4, 0.5) is 4.39 Å². The molecule has 0 fully saturated rings. The number of aliphatic hydroxyl groups is 1. The lowest BCUT2D eigenvalue weighted by Gasteiger charge is -2.20.